The Morgan fingerprint density at radius 1 is 1.00 bits per heavy atom. The molecule has 1 aliphatic heterocycles. The maximum absolute atomic E-state index is 12.0. The van der Waals surface area contributed by atoms with Gasteiger partial charge in [-0.3, -0.25) is 4.72 Å². The fourth-order valence-corrected chi connectivity index (χ4v) is 3.13. The lowest BCUT2D eigenvalue weighted by atomic mass is 10.2. The van der Waals surface area contributed by atoms with Crippen LogP contribution in [0, 0.1) is 0 Å². The van der Waals surface area contributed by atoms with Crippen LogP contribution >= 0.6 is 0 Å². The van der Waals surface area contributed by atoms with Gasteiger partial charge in [0.25, 0.3) is 0 Å². The molecule has 16 heavy (non-hydrogen) atoms. The van der Waals surface area contributed by atoms with Crippen molar-refractivity contribution in [1.29, 1.82) is 0 Å². The third-order valence-corrected chi connectivity index (χ3v) is 4.21. The monoisotopic (exact) mass is 240 g/mol. The van der Waals surface area contributed by atoms with Crippen molar-refractivity contribution in [2.75, 3.05) is 17.8 Å². The molecule has 1 aromatic rings. The fourth-order valence-electron chi connectivity index (χ4n) is 1.82. The highest BCUT2D eigenvalue weighted by molar-refractivity contribution is 7.90. The molecule has 1 fully saturated rings. The molecule has 1 aliphatic rings. The van der Waals surface area contributed by atoms with Crippen molar-refractivity contribution in [3.8, 4) is 0 Å². The average Bonchev–Trinajstić information content (AvgIpc) is 2.31. The molecule has 5 heteroatoms. The summed E-state index contributed by atoms with van der Waals surface area (Å²) >= 11 is 0. The summed E-state index contributed by atoms with van der Waals surface area (Å²) in [5.74, 6) is 0. The number of nitrogens with zero attached hydrogens (tertiary/aromatic N) is 1. The van der Waals surface area contributed by atoms with Gasteiger partial charge in [0.05, 0.1) is 0 Å². The topological polar surface area (TPSA) is 49.4 Å². The molecular formula is C11H16N2O2S. The Hall–Kier alpha value is -1.07. The maximum atomic E-state index is 12.0. The number of para-hydroxylation sites is 1. The van der Waals surface area contributed by atoms with Gasteiger partial charge in [-0.05, 0) is 25.0 Å². The van der Waals surface area contributed by atoms with Gasteiger partial charge in [-0.15, -0.1) is 0 Å². The molecule has 0 saturated carbocycles. The van der Waals surface area contributed by atoms with Gasteiger partial charge in [0, 0.05) is 18.8 Å². The van der Waals surface area contributed by atoms with Crippen LogP contribution in [0.15, 0.2) is 30.3 Å². The minimum absolute atomic E-state index is 0.619. The molecule has 0 aliphatic carbocycles. The van der Waals surface area contributed by atoms with Crippen LogP contribution in [0.25, 0.3) is 0 Å². The third-order valence-electron chi connectivity index (χ3n) is 2.68. The molecule has 0 atom stereocenters. The zero-order chi connectivity index (χ0) is 11.4. The van der Waals surface area contributed by atoms with Gasteiger partial charge in [0.15, 0.2) is 0 Å². The molecule has 0 bridgehead atoms. The normalized spacial score (nSPS) is 18.2. The predicted molar refractivity (Wildman–Crippen MR) is 64.4 cm³/mol. The summed E-state index contributed by atoms with van der Waals surface area (Å²) < 4.78 is 28.0. The van der Waals surface area contributed by atoms with Gasteiger partial charge in [-0.25, -0.2) is 0 Å². The highest BCUT2D eigenvalue weighted by Gasteiger charge is 2.23. The number of piperidine rings is 1. The van der Waals surface area contributed by atoms with Crippen molar-refractivity contribution in [3.05, 3.63) is 30.3 Å². The van der Waals surface area contributed by atoms with Crippen LogP contribution in [0.5, 0.6) is 0 Å². The number of hydrogen-bond donors (Lipinski definition) is 1. The van der Waals surface area contributed by atoms with E-state index in [1.807, 2.05) is 18.2 Å². The molecule has 1 aromatic carbocycles. The fraction of sp³-hybridized carbons (Fsp3) is 0.455. The number of nitrogens with one attached hydrogen (secondary N) is 1. The number of rotatable bonds is 3. The van der Waals surface area contributed by atoms with E-state index < -0.39 is 10.2 Å². The van der Waals surface area contributed by atoms with Crippen molar-refractivity contribution < 1.29 is 8.42 Å². The summed E-state index contributed by atoms with van der Waals surface area (Å²) in [5, 5.41) is 0. The molecule has 0 amide bonds. The van der Waals surface area contributed by atoms with Crippen molar-refractivity contribution in [2.24, 2.45) is 0 Å². The Bertz CT molecular complexity index is 425. The quantitative estimate of drug-likeness (QED) is 0.876. The summed E-state index contributed by atoms with van der Waals surface area (Å²) in [5.41, 5.74) is 0.619. The Labute approximate surface area is 96.5 Å². The first-order chi connectivity index (χ1) is 7.68. The summed E-state index contributed by atoms with van der Waals surface area (Å²) in [4.78, 5) is 0. The average molecular weight is 240 g/mol. The summed E-state index contributed by atoms with van der Waals surface area (Å²) in [6.07, 6.45) is 3.03. The Morgan fingerprint density at radius 2 is 1.62 bits per heavy atom. The summed E-state index contributed by atoms with van der Waals surface area (Å²) in [6.45, 7) is 1.25. The molecular weight excluding hydrogens is 224 g/mol. The lowest BCUT2D eigenvalue weighted by Gasteiger charge is -2.26. The Balaban J connectivity index is 2.08. The number of anilines is 1. The van der Waals surface area contributed by atoms with Crippen LogP contribution in [0.3, 0.4) is 0 Å². The van der Waals surface area contributed by atoms with Crippen LogP contribution < -0.4 is 4.72 Å². The van der Waals surface area contributed by atoms with Crippen molar-refractivity contribution in [1.82, 2.24) is 4.31 Å². The van der Waals surface area contributed by atoms with Gasteiger partial charge in [-0.1, -0.05) is 24.6 Å². The molecule has 1 heterocycles. The van der Waals surface area contributed by atoms with Crippen molar-refractivity contribution in [3.63, 3.8) is 0 Å². The van der Waals surface area contributed by atoms with E-state index in [9.17, 15) is 8.42 Å². The largest absolute Gasteiger partial charge is 0.301 e. The van der Waals surface area contributed by atoms with E-state index in [2.05, 4.69) is 4.72 Å². The number of benzene rings is 1. The molecule has 0 spiro atoms. The van der Waals surface area contributed by atoms with Gasteiger partial charge in [-0.2, -0.15) is 12.7 Å². The Morgan fingerprint density at radius 3 is 2.25 bits per heavy atom. The van der Waals surface area contributed by atoms with Gasteiger partial charge >= 0.3 is 10.2 Å². The first-order valence-electron chi connectivity index (χ1n) is 5.51. The molecule has 0 aromatic heterocycles. The Kier molecular flexibility index (Phi) is 3.46. The zero-order valence-corrected chi connectivity index (χ0v) is 9.91. The lowest BCUT2D eigenvalue weighted by Crippen LogP contribution is -2.39. The van der Waals surface area contributed by atoms with Gasteiger partial charge < -0.3 is 0 Å². The minimum atomic E-state index is -3.35. The van der Waals surface area contributed by atoms with Crippen molar-refractivity contribution in [2.45, 2.75) is 19.3 Å². The first-order valence-corrected chi connectivity index (χ1v) is 6.95. The second-order valence-electron chi connectivity index (χ2n) is 3.93. The zero-order valence-electron chi connectivity index (χ0n) is 9.09. The van der Waals surface area contributed by atoms with E-state index in [0.29, 0.717) is 18.8 Å². The smallest absolute Gasteiger partial charge is 0.271 e. The molecule has 88 valence electrons. The highest BCUT2D eigenvalue weighted by Crippen LogP contribution is 2.15. The van der Waals surface area contributed by atoms with Crippen LogP contribution in [0.1, 0.15) is 19.3 Å². The van der Waals surface area contributed by atoms with E-state index in [4.69, 9.17) is 0 Å². The predicted octanol–water partition coefficient (Wildman–Crippen LogP) is 1.83. The number of hydrogen-bond acceptors (Lipinski definition) is 2. The standard InChI is InChI=1S/C11H16N2O2S/c14-16(15,13-9-5-2-6-10-13)12-11-7-3-1-4-8-11/h1,3-4,7-8,12H,2,5-6,9-10H2. The van der Waals surface area contributed by atoms with Crippen molar-refractivity contribution >= 4 is 15.9 Å². The first kappa shape index (κ1) is 11.4. The second-order valence-corrected chi connectivity index (χ2v) is 5.60. The van der Waals surface area contributed by atoms with Crippen LogP contribution in [-0.2, 0) is 10.2 Å². The SMILES string of the molecule is O=S(=O)(Nc1ccccc1)N1CCCCC1. The summed E-state index contributed by atoms with van der Waals surface area (Å²) in [6, 6.07) is 8.99. The van der Waals surface area contributed by atoms with E-state index in [0.717, 1.165) is 19.3 Å². The second kappa shape index (κ2) is 4.84. The van der Waals surface area contributed by atoms with Gasteiger partial charge in [0.1, 0.15) is 0 Å². The summed E-state index contributed by atoms with van der Waals surface area (Å²) in [7, 11) is -3.35. The third kappa shape index (κ3) is 2.74. The van der Waals surface area contributed by atoms with Gasteiger partial charge in [0.2, 0.25) is 0 Å². The molecule has 0 unspecified atom stereocenters. The van der Waals surface area contributed by atoms with E-state index >= 15 is 0 Å². The highest BCUT2D eigenvalue weighted by atomic mass is 32.2. The molecule has 0 radical (unpaired) electrons. The lowest BCUT2D eigenvalue weighted by molar-refractivity contribution is 0.349. The van der Waals surface area contributed by atoms with Crippen LogP contribution in [-0.4, -0.2) is 25.8 Å². The molecule has 1 N–H and O–H groups in total. The van der Waals surface area contributed by atoms with E-state index in [1.165, 1.54) is 4.31 Å². The molecule has 2 rings (SSSR count). The van der Waals surface area contributed by atoms with Crippen LogP contribution in [0.4, 0.5) is 5.69 Å². The van der Waals surface area contributed by atoms with E-state index in [1.54, 1.807) is 12.1 Å². The molecule has 1 saturated heterocycles. The van der Waals surface area contributed by atoms with E-state index in [-0.39, 0.29) is 0 Å². The van der Waals surface area contributed by atoms with Crippen LogP contribution in [0.2, 0.25) is 0 Å². The maximum Gasteiger partial charge on any atom is 0.301 e. The molecule has 4 nitrogen and oxygen atoms in total. The minimum Gasteiger partial charge on any atom is -0.271 e.